The van der Waals surface area contributed by atoms with Crippen molar-refractivity contribution in [1.82, 2.24) is 9.78 Å². The number of carbonyl (C=O) groups excluding carboxylic acids is 1. The van der Waals surface area contributed by atoms with Crippen LogP contribution < -0.4 is 5.32 Å². The first-order valence-electron chi connectivity index (χ1n) is 7.79. The van der Waals surface area contributed by atoms with E-state index in [1.54, 1.807) is 30.1 Å². The maximum Gasteiger partial charge on any atom is 0.169 e. The number of anilines is 1. The van der Waals surface area contributed by atoms with Crippen molar-refractivity contribution in [2.24, 2.45) is 0 Å². The topological polar surface area (TPSA) is 60.1 Å². The predicted molar refractivity (Wildman–Crippen MR) is 87.2 cm³/mol. The molecule has 1 aliphatic rings. The van der Waals surface area contributed by atoms with Gasteiger partial charge in [-0.2, -0.15) is 0 Å². The largest absolute Gasteiger partial charge is 0.469 e. The summed E-state index contributed by atoms with van der Waals surface area (Å²) in [4.78, 5) is 12.7. The van der Waals surface area contributed by atoms with E-state index in [1.807, 2.05) is 12.1 Å². The van der Waals surface area contributed by atoms with Gasteiger partial charge in [0.25, 0.3) is 0 Å². The van der Waals surface area contributed by atoms with Gasteiger partial charge in [0.15, 0.2) is 11.6 Å². The monoisotopic (exact) mass is 325 g/mol. The zero-order chi connectivity index (χ0) is 16.7. The molecule has 0 aliphatic heterocycles. The summed E-state index contributed by atoms with van der Waals surface area (Å²) < 4.78 is 20.4. The third-order valence-electron chi connectivity index (χ3n) is 4.38. The molecule has 0 saturated carbocycles. The zero-order valence-corrected chi connectivity index (χ0v) is 13.1. The SMILES string of the molecule is CNc1nn(-c2ccc(F)cc2)c2c1C(=O)C[C@H](c1ccco1)C2. The minimum atomic E-state index is -0.307. The highest BCUT2D eigenvalue weighted by atomic mass is 19.1. The lowest BCUT2D eigenvalue weighted by Crippen LogP contribution is -2.20. The fourth-order valence-electron chi connectivity index (χ4n) is 3.26. The third kappa shape index (κ3) is 2.31. The highest BCUT2D eigenvalue weighted by Crippen LogP contribution is 2.37. The molecule has 0 saturated heterocycles. The summed E-state index contributed by atoms with van der Waals surface area (Å²) in [5, 5.41) is 7.49. The Hall–Kier alpha value is -2.89. The van der Waals surface area contributed by atoms with E-state index in [1.165, 1.54) is 12.1 Å². The number of benzene rings is 1. The molecule has 0 bridgehead atoms. The number of fused-ring (bicyclic) bond motifs is 1. The molecule has 2 heterocycles. The number of halogens is 1. The number of furan rings is 1. The van der Waals surface area contributed by atoms with E-state index in [0.29, 0.717) is 24.2 Å². The van der Waals surface area contributed by atoms with Gasteiger partial charge in [0.1, 0.15) is 11.6 Å². The van der Waals surface area contributed by atoms with Gasteiger partial charge in [0.2, 0.25) is 0 Å². The summed E-state index contributed by atoms with van der Waals surface area (Å²) >= 11 is 0. The lowest BCUT2D eigenvalue weighted by Gasteiger charge is -2.21. The second-order valence-electron chi connectivity index (χ2n) is 5.85. The van der Waals surface area contributed by atoms with Crippen molar-refractivity contribution in [2.75, 3.05) is 12.4 Å². The van der Waals surface area contributed by atoms with Crippen molar-refractivity contribution in [3.63, 3.8) is 0 Å². The van der Waals surface area contributed by atoms with Crippen LogP contribution in [0, 0.1) is 5.82 Å². The van der Waals surface area contributed by atoms with Crippen molar-refractivity contribution < 1.29 is 13.6 Å². The molecular weight excluding hydrogens is 309 g/mol. The smallest absolute Gasteiger partial charge is 0.169 e. The van der Waals surface area contributed by atoms with Crippen molar-refractivity contribution in [2.45, 2.75) is 18.8 Å². The van der Waals surface area contributed by atoms with Gasteiger partial charge in [-0.05, 0) is 36.4 Å². The molecule has 2 aromatic heterocycles. The van der Waals surface area contributed by atoms with E-state index < -0.39 is 0 Å². The van der Waals surface area contributed by atoms with Gasteiger partial charge in [-0.15, -0.1) is 5.10 Å². The molecule has 24 heavy (non-hydrogen) atoms. The first-order valence-corrected chi connectivity index (χ1v) is 7.79. The average Bonchev–Trinajstić information content (AvgIpc) is 3.23. The third-order valence-corrected chi connectivity index (χ3v) is 4.38. The molecule has 4 rings (SSSR count). The van der Waals surface area contributed by atoms with Gasteiger partial charge < -0.3 is 9.73 Å². The second-order valence-corrected chi connectivity index (χ2v) is 5.85. The molecule has 0 radical (unpaired) electrons. The minimum Gasteiger partial charge on any atom is -0.469 e. The Kier molecular flexibility index (Phi) is 3.45. The Morgan fingerprint density at radius 3 is 2.71 bits per heavy atom. The lowest BCUT2D eigenvalue weighted by atomic mass is 9.85. The summed E-state index contributed by atoms with van der Waals surface area (Å²) in [6.45, 7) is 0. The maximum absolute atomic E-state index is 13.2. The fraction of sp³-hybridized carbons (Fsp3) is 0.222. The Labute approximate surface area is 138 Å². The molecule has 0 amide bonds. The van der Waals surface area contributed by atoms with Crippen LogP contribution in [0.4, 0.5) is 10.2 Å². The molecule has 1 aromatic carbocycles. The lowest BCUT2D eigenvalue weighted by molar-refractivity contribution is 0.0960. The van der Waals surface area contributed by atoms with Crippen LogP contribution >= 0.6 is 0 Å². The van der Waals surface area contributed by atoms with Crippen molar-refractivity contribution >= 4 is 11.6 Å². The van der Waals surface area contributed by atoms with Crippen molar-refractivity contribution in [1.29, 1.82) is 0 Å². The average molecular weight is 325 g/mol. The molecule has 6 heteroatoms. The number of aromatic nitrogens is 2. The van der Waals surface area contributed by atoms with E-state index >= 15 is 0 Å². The van der Waals surface area contributed by atoms with Crippen LogP contribution in [-0.2, 0) is 6.42 Å². The number of hydrogen-bond donors (Lipinski definition) is 1. The van der Waals surface area contributed by atoms with Crippen LogP contribution in [-0.4, -0.2) is 22.6 Å². The van der Waals surface area contributed by atoms with Gasteiger partial charge in [-0.1, -0.05) is 0 Å². The van der Waals surface area contributed by atoms with Gasteiger partial charge in [0, 0.05) is 25.8 Å². The Morgan fingerprint density at radius 2 is 2.04 bits per heavy atom. The molecule has 5 nitrogen and oxygen atoms in total. The predicted octanol–water partition coefficient (Wildman–Crippen LogP) is 3.56. The molecule has 3 aromatic rings. The molecule has 0 fully saturated rings. The van der Waals surface area contributed by atoms with E-state index in [4.69, 9.17) is 4.42 Å². The van der Waals surface area contributed by atoms with E-state index in [9.17, 15) is 9.18 Å². The summed E-state index contributed by atoms with van der Waals surface area (Å²) in [5.41, 5.74) is 2.16. The van der Waals surface area contributed by atoms with E-state index in [0.717, 1.165) is 17.1 Å². The number of ketones is 1. The minimum absolute atomic E-state index is 0.0133. The van der Waals surface area contributed by atoms with Crippen molar-refractivity contribution in [3.05, 3.63) is 65.5 Å². The molecule has 0 unspecified atom stereocenters. The summed E-state index contributed by atoms with van der Waals surface area (Å²) in [7, 11) is 1.74. The molecule has 1 N–H and O–H groups in total. The number of carbonyl (C=O) groups is 1. The first kappa shape index (κ1) is 14.7. The zero-order valence-electron chi connectivity index (χ0n) is 13.1. The second kappa shape index (κ2) is 5.63. The first-order chi connectivity index (χ1) is 11.7. The van der Waals surface area contributed by atoms with Gasteiger partial charge in [-0.25, -0.2) is 9.07 Å². The Balaban J connectivity index is 1.83. The van der Waals surface area contributed by atoms with Gasteiger partial charge >= 0.3 is 0 Å². The van der Waals surface area contributed by atoms with E-state index in [2.05, 4.69) is 10.4 Å². The van der Waals surface area contributed by atoms with Gasteiger partial charge in [0.05, 0.1) is 23.2 Å². The highest BCUT2D eigenvalue weighted by molar-refractivity contribution is 6.03. The van der Waals surface area contributed by atoms with Crippen LogP contribution in [0.1, 0.15) is 34.2 Å². The molecule has 1 aliphatic carbocycles. The van der Waals surface area contributed by atoms with Crippen LogP contribution in [0.3, 0.4) is 0 Å². The molecule has 0 spiro atoms. The standard InChI is InChI=1S/C18H16FN3O2/c1-20-18-17-14(22(21-18)13-6-4-12(19)5-7-13)9-11(10-15(17)23)16-3-2-8-24-16/h2-8,11H,9-10H2,1H3,(H,20,21)/t11-/m1/s1. The normalized spacial score (nSPS) is 16.9. The molecular formula is C18H16FN3O2. The van der Waals surface area contributed by atoms with Crippen LogP contribution in [0.5, 0.6) is 0 Å². The number of Topliss-reactive ketones (excluding diaryl/α,β-unsaturated/α-hetero) is 1. The number of hydrogen-bond acceptors (Lipinski definition) is 4. The Bertz CT molecular complexity index is 882. The summed E-state index contributed by atoms with van der Waals surface area (Å²) in [6.07, 6.45) is 2.65. The summed E-state index contributed by atoms with van der Waals surface area (Å²) in [5.74, 6) is 1.07. The summed E-state index contributed by atoms with van der Waals surface area (Å²) in [6, 6.07) is 9.80. The molecule has 122 valence electrons. The number of nitrogens with zero attached hydrogens (tertiary/aromatic N) is 2. The van der Waals surface area contributed by atoms with Gasteiger partial charge in [-0.3, -0.25) is 4.79 Å². The Morgan fingerprint density at radius 1 is 1.25 bits per heavy atom. The number of rotatable bonds is 3. The fourth-order valence-corrected chi connectivity index (χ4v) is 3.26. The van der Waals surface area contributed by atoms with Crippen LogP contribution in [0.25, 0.3) is 5.69 Å². The number of nitrogens with one attached hydrogen (secondary N) is 1. The quantitative estimate of drug-likeness (QED) is 0.800. The molecule has 1 atom stereocenters. The highest BCUT2D eigenvalue weighted by Gasteiger charge is 2.34. The van der Waals surface area contributed by atoms with Crippen LogP contribution in [0.15, 0.2) is 47.1 Å². The van der Waals surface area contributed by atoms with E-state index in [-0.39, 0.29) is 17.5 Å². The van der Waals surface area contributed by atoms with Crippen LogP contribution in [0.2, 0.25) is 0 Å². The van der Waals surface area contributed by atoms with Crippen molar-refractivity contribution in [3.8, 4) is 5.69 Å². The maximum atomic E-state index is 13.2.